The van der Waals surface area contributed by atoms with Crippen molar-refractivity contribution in [3.8, 4) is 0 Å². The molecule has 7 heteroatoms. The minimum atomic E-state index is -0.0273. The lowest BCUT2D eigenvalue weighted by Crippen LogP contribution is -2.40. The molecule has 0 atom stereocenters. The zero-order valence-corrected chi connectivity index (χ0v) is 15.4. The molecule has 0 bridgehead atoms. The number of carbonyl (C=O) groups excluding carboxylic acids is 1. The van der Waals surface area contributed by atoms with Crippen LogP contribution in [0.4, 0.5) is 5.82 Å². The van der Waals surface area contributed by atoms with Crippen LogP contribution < -0.4 is 4.90 Å². The molecular formula is C18H20ClN3O2S. The van der Waals surface area contributed by atoms with Gasteiger partial charge in [0.25, 0.3) is 5.91 Å². The molecule has 0 N–H and O–H groups in total. The van der Waals surface area contributed by atoms with Crippen molar-refractivity contribution in [3.63, 3.8) is 0 Å². The molecule has 1 saturated carbocycles. The topological polar surface area (TPSA) is 45.7 Å². The number of anilines is 1. The van der Waals surface area contributed by atoms with E-state index in [2.05, 4.69) is 27.4 Å². The molecule has 2 aromatic heterocycles. The Kier molecular flexibility index (Phi) is 4.92. The molecule has 2 aromatic rings. The van der Waals surface area contributed by atoms with Crippen LogP contribution in [0.3, 0.4) is 0 Å². The third-order valence-electron chi connectivity index (χ3n) is 4.53. The monoisotopic (exact) mass is 377 g/mol. The van der Waals surface area contributed by atoms with Crippen LogP contribution in [-0.2, 0) is 11.3 Å². The molecule has 4 rings (SSSR count). The lowest BCUT2D eigenvalue weighted by atomic mass is 10.2. The molecule has 25 heavy (non-hydrogen) atoms. The number of thiophene rings is 1. The third kappa shape index (κ3) is 3.81. The Morgan fingerprint density at radius 1 is 1.40 bits per heavy atom. The number of ether oxygens (including phenoxy) is 1. The van der Waals surface area contributed by atoms with E-state index in [9.17, 15) is 4.79 Å². The van der Waals surface area contributed by atoms with Gasteiger partial charge in [-0.2, -0.15) is 0 Å². The molecular weight excluding hydrogens is 358 g/mol. The summed E-state index contributed by atoms with van der Waals surface area (Å²) in [5.74, 6) is 0.747. The van der Waals surface area contributed by atoms with Crippen molar-refractivity contribution in [2.24, 2.45) is 0 Å². The number of amides is 1. The van der Waals surface area contributed by atoms with Gasteiger partial charge in [0.2, 0.25) is 0 Å². The second-order valence-electron chi connectivity index (χ2n) is 6.37. The van der Waals surface area contributed by atoms with Crippen LogP contribution in [0.1, 0.15) is 28.1 Å². The standard InChI is InChI=1S/C18H20ClN3O2S/c19-16-10-13(18(23)21-5-7-24-8-6-21)11-20-17(16)22(14-3-4-14)12-15-2-1-9-25-15/h1-2,9-11,14H,3-8,12H2. The number of hydrogen-bond donors (Lipinski definition) is 0. The quantitative estimate of drug-likeness (QED) is 0.800. The van der Waals surface area contributed by atoms with Crippen molar-refractivity contribution in [1.82, 2.24) is 9.88 Å². The van der Waals surface area contributed by atoms with Crippen molar-refractivity contribution < 1.29 is 9.53 Å². The van der Waals surface area contributed by atoms with Gasteiger partial charge in [0.1, 0.15) is 5.82 Å². The number of aromatic nitrogens is 1. The second kappa shape index (κ2) is 7.32. The number of halogens is 1. The first-order valence-corrected chi connectivity index (χ1v) is 9.80. The van der Waals surface area contributed by atoms with Gasteiger partial charge in [-0.05, 0) is 30.4 Å². The Balaban J connectivity index is 1.54. The van der Waals surface area contributed by atoms with Gasteiger partial charge in [0.15, 0.2) is 0 Å². The van der Waals surface area contributed by atoms with Gasteiger partial charge in [0, 0.05) is 30.2 Å². The van der Waals surface area contributed by atoms with E-state index >= 15 is 0 Å². The SMILES string of the molecule is O=C(c1cnc(N(Cc2cccs2)C2CC2)c(Cl)c1)N1CCOCC1. The summed E-state index contributed by atoms with van der Waals surface area (Å²) in [6.07, 6.45) is 3.98. The van der Waals surface area contributed by atoms with E-state index in [1.807, 2.05) is 0 Å². The normalized spacial score (nSPS) is 17.6. The second-order valence-corrected chi connectivity index (χ2v) is 7.81. The van der Waals surface area contributed by atoms with Crippen LogP contribution in [0.15, 0.2) is 29.8 Å². The van der Waals surface area contributed by atoms with Gasteiger partial charge in [-0.3, -0.25) is 4.79 Å². The van der Waals surface area contributed by atoms with Gasteiger partial charge in [-0.1, -0.05) is 17.7 Å². The predicted octanol–water partition coefficient (Wildman–Crippen LogP) is 3.44. The summed E-state index contributed by atoms with van der Waals surface area (Å²) in [5, 5.41) is 2.63. The summed E-state index contributed by atoms with van der Waals surface area (Å²) < 4.78 is 5.30. The molecule has 0 radical (unpaired) electrons. The Morgan fingerprint density at radius 2 is 2.20 bits per heavy atom. The van der Waals surface area contributed by atoms with E-state index in [4.69, 9.17) is 16.3 Å². The minimum absolute atomic E-state index is 0.0273. The van der Waals surface area contributed by atoms with E-state index in [-0.39, 0.29) is 5.91 Å². The predicted molar refractivity (Wildman–Crippen MR) is 99.5 cm³/mol. The average Bonchev–Trinajstić information content (AvgIpc) is 3.36. The molecule has 0 unspecified atom stereocenters. The first kappa shape index (κ1) is 16.8. The number of nitrogens with zero attached hydrogens (tertiary/aromatic N) is 3. The van der Waals surface area contributed by atoms with Gasteiger partial charge >= 0.3 is 0 Å². The fourth-order valence-electron chi connectivity index (χ4n) is 3.04. The van der Waals surface area contributed by atoms with Crippen LogP contribution in [0, 0.1) is 0 Å². The summed E-state index contributed by atoms with van der Waals surface area (Å²) in [6, 6.07) is 6.44. The highest BCUT2D eigenvalue weighted by molar-refractivity contribution is 7.09. The van der Waals surface area contributed by atoms with Crippen LogP contribution in [-0.4, -0.2) is 48.1 Å². The van der Waals surface area contributed by atoms with Crippen LogP contribution in [0.2, 0.25) is 5.02 Å². The first-order valence-electron chi connectivity index (χ1n) is 8.54. The molecule has 132 valence electrons. The summed E-state index contributed by atoms with van der Waals surface area (Å²) in [5.41, 5.74) is 0.544. The minimum Gasteiger partial charge on any atom is -0.378 e. The third-order valence-corrected chi connectivity index (χ3v) is 5.67. The molecule has 1 aliphatic heterocycles. The van der Waals surface area contributed by atoms with Gasteiger partial charge < -0.3 is 14.5 Å². The van der Waals surface area contributed by atoms with Crippen molar-refractivity contribution in [1.29, 1.82) is 0 Å². The summed E-state index contributed by atoms with van der Waals surface area (Å²) in [7, 11) is 0. The van der Waals surface area contributed by atoms with E-state index in [1.165, 1.54) is 4.88 Å². The van der Waals surface area contributed by atoms with Crippen LogP contribution in [0.25, 0.3) is 0 Å². The molecule has 0 spiro atoms. The van der Waals surface area contributed by atoms with Gasteiger partial charge in [0.05, 0.1) is 30.3 Å². The molecule has 1 saturated heterocycles. The van der Waals surface area contributed by atoms with E-state index in [0.29, 0.717) is 42.9 Å². The van der Waals surface area contributed by atoms with Crippen LogP contribution >= 0.6 is 22.9 Å². The van der Waals surface area contributed by atoms with Gasteiger partial charge in [-0.25, -0.2) is 4.98 Å². The fourth-order valence-corrected chi connectivity index (χ4v) is 4.02. The number of pyridine rings is 1. The van der Waals surface area contributed by atoms with Crippen molar-refractivity contribution in [3.05, 3.63) is 45.2 Å². The molecule has 1 amide bonds. The number of morpholine rings is 1. The summed E-state index contributed by atoms with van der Waals surface area (Å²) >= 11 is 8.26. The highest BCUT2D eigenvalue weighted by Crippen LogP contribution is 2.36. The van der Waals surface area contributed by atoms with Crippen molar-refractivity contribution in [2.75, 3.05) is 31.2 Å². The molecule has 2 aliphatic rings. The van der Waals surface area contributed by atoms with E-state index in [1.54, 1.807) is 28.5 Å². The molecule has 0 aromatic carbocycles. The Bertz CT molecular complexity index is 743. The molecule has 3 heterocycles. The Labute approximate surface area is 156 Å². The maximum absolute atomic E-state index is 12.6. The molecule has 2 fully saturated rings. The highest BCUT2D eigenvalue weighted by Gasteiger charge is 2.32. The highest BCUT2D eigenvalue weighted by atomic mass is 35.5. The van der Waals surface area contributed by atoms with E-state index in [0.717, 1.165) is 25.2 Å². The largest absolute Gasteiger partial charge is 0.378 e. The Hall–Kier alpha value is -1.63. The zero-order chi connectivity index (χ0) is 17.2. The summed E-state index contributed by atoms with van der Waals surface area (Å²) in [4.78, 5) is 22.5. The lowest BCUT2D eigenvalue weighted by Gasteiger charge is -2.27. The van der Waals surface area contributed by atoms with E-state index < -0.39 is 0 Å². The molecule has 5 nitrogen and oxygen atoms in total. The lowest BCUT2D eigenvalue weighted by molar-refractivity contribution is 0.0302. The summed E-state index contributed by atoms with van der Waals surface area (Å²) in [6.45, 7) is 3.21. The first-order chi connectivity index (χ1) is 12.2. The number of carbonyl (C=O) groups is 1. The smallest absolute Gasteiger partial charge is 0.255 e. The zero-order valence-electron chi connectivity index (χ0n) is 13.9. The van der Waals surface area contributed by atoms with Gasteiger partial charge in [-0.15, -0.1) is 11.3 Å². The maximum Gasteiger partial charge on any atom is 0.255 e. The Morgan fingerprint density at radius 3 is 2.84 bits per heavy atom. The molecule has 1 aliphatic carbocycles. The number of rotatable bonds is 5. The van der Waals surface area contributed by atoms with Crippen LogP contribution in [0.5, 0.6) is 0 Å². The fraction of sp³-hybridized carbons (Fsp3) is 0.444. The maximum atomic E-state index is 12.6. The van der Waals surface area contributed by atoms with Crippen molar-refractivity contribution in [2.45, 2.75) is 25.4 Å². The van der Waals surface area contributed by atoms with Crippen molar-refractivity contribution >= 4 is 34.7 Å². The average molecular weight is 378 g/mol. The number of hydrogen-bond acceptors (Lipinski definition) is 5.